The molecule has 2 fully saturated rings. The van der Waals surface area contributed by atoms with Gasteiger partial charge in [-0.15, -0.1) is 0 Å². The number of hydrogen-bond donors (Lipinski definition) is 1. The molecule has 4 heteroatoms. The molecule has 1 saturated heterocycles. The second-order valence-electron chi connectivity index (χ2n) is 7.48. The van der Waals surface area contributed by atoms with E-state index in [2.05, 4.69) is 33.0 Å². The van der Waals surface area contributed by atoms with Crippen LogP contribution < -0.4 is 5.32 Å². The van der Waals surface area contributed by atoms with Crippen molar-refractivity contribution in [3.8, 4) is 0 Å². The highest BCUT2D eigenvalue weighted by atomic mass is 16.2. The van der Waals surface area contributed by atoms with E-state index in [1.165, 1.54) is 0 Å². The number of carbonyl (C=O) groups excluding carboxylic acids is 1. The van der Waals surface area contributed by atoms with Crippen LogP contribution in [0.2, 0.25) is 0 Å². The van der Waals surface area contributed by atoms with Crippen LogP contribution in [0, 0.1) is 10.8 Å². The molecule has 2 amide bonds. The molecule has 0 aromatic carbocycles. The minimum atomic E-state index is 0.144. The maximum atomic E-state index is 11.9. The lowest BCUT2D eigenvalue weighted by molar-refractivity contribution is 0.151. The Hall–Kier alpha value is -0.770. The number of nitrogens with one attached hydrogen (secondary N) is 1. The van der Waals surface area contributed by atoms with Gasteiger partial charge < -0.3 is 15.1 Å². The minimum Gasteiger partial charge on any atom is -0.331 e. The van der Waals surface area contributed by atoms with Crippen molar-refractivity contribution < 1.29 is 4.79 Å². The lowest BCUT2D eigenvalue weighted by Crippen LogP contribution is -2.49. The summed E-state index contributed by atoms with van der Waals surface area (Å²) in [6.07, 6.45) is 2.14. The second kappa shape index (κ2) is 4.65. The Balaban J connectivity index is 1.81. The third-order valence-electron chi connectivity index (χ3n) is 5.57. The average molecular weight is 267 g/mol. The monoisotopic (exact) mass is 267 g/mol. The minimum absolute atomic E-state index is 0.144. The van der Waals surface area contributed by atoms with Gasteiger partial charge in [-0.1, -0.05) is 27.7 Å². The smallest absolute Gasteiger partial charge is 0.319 e. The van der Waals surface area contributed by atoms with Crippen molar-refractivity contribution in [2.75, 3.05) is 27.2 Å². The Labute approximate surface area is 117 Å². The Morgan fingerprint density at radius 1 is 1.11 bits per heavy atom. The van der Waals surface area contributed by atoms with E-state index in [1.807, 2.05) is 19.0 Å². The molecular weight excluding hydrogens is 238 g/mol. The predicted molar refractivity (Wildman–Crippen MR) is 78.2 cm³/mol. The maximum absolute atomic E-state index is 11.9. The van der Waals surface area contributed by atoms with Crippen molar-refractivity contribution in [1.29, 1.82) is 0 Å². The second-order valence-corrected chi connectivity index (χ2v) is 7.48. The molecule has 1 saturated carbocycles. The van der Waals surface area contributed by atoms with Crippen LogP contribution in [0.25, 0.3) is 0 Å². The molecule has 0 bridgehead atoms. The number of nitrogens with zero attached hydrogens (tertiary/aromatic N) is 2. The summed E-state index contributed by atoms with van der Waals surface area (Å²) in [6, 6.07) is 1.32. The van der Waals surface area contributed by atoms with E-state index in [4.69, 9.17) is 0 Å². The van der Waals surface area contributed by atoms with Gasteiger partial charge >= 0.3 is 6.03 Å². The summed E-state index contributed by atoms with van der Waals surface area (Å²) in [6.45, 7) is 11.1. The van der Waals surface area contributed by atoms with Gasteiger partial charge in [0.15, 0.2) is 0 Å². The summed E-state index contributed by atoms with van der Waals surface area (Å²) in [5, 5.41) is 3.81. The first kappa shape index (κ1) is 14.6. The summed E-state index contributed by atoms with van der Waals surface area (Å²) in [7, 11) is 3.64. The molecule has 0 unspecified atom stereocenters. The van der Waals surface area contributed by atoms with Crippen molar-refractivity contribution in [1.82, 2.24) is 15.1 Å². The zero-order chi connectivity index (χ0) is 14.4. The molecule has 0 radical (unpaired) electrons. The fourth-order valence-corrected chi connectivity index (χ4v) is 3.37. The number of urea groups is 1. The van der Waals surface area contributed by atoms with Crippen LogP contribution in [-0.2, 0) is 0 Å². The highest BCUT2D eigenvalue weighted by Crippen LogP contribution is 2.62. The summed E-state index contributed by atoms with van der Waals surface area (Å²) < 4.78 is 0. The van der Waals surface area contributed by atoms with Crippen molar-refractivity contribution in [2.24, 2.45) is 10.8 Å². The van der Waals surface area contributed by atoms with Gasteiger partial charge in [-0.2, -0.15) is 0 Å². The van der Waals surface area contributed by atoms with Crippen molar-refractivity contribution in [2.45, 2.75) is 52.6 Å². The fraction of sp³-hybridized carbons (Fsp3) is 0.933. The van der Waals surface area contributed by atoms with Crippen molar-refractivity contribution in [3.05, 3.63) is 0 Å². The van der Waals surface area contributed by atoms with Crippen molar-refractivity contribution >= 4 is 6.03 Å². The first-order chi connectivity index (χ1) is 8.68. The molecule has 2 aliphatic rings. The third kappa shape index (κ3) is 2.47. The van der Waals surface area contributed by atoms with Gasteiger partial charge in [-0.25, -0.2) is 4.79 Å². The van der Waals surface area contributed by atoms with E-state index in [1.54, 1.807) is 4.90 Å². The SMILES string of the molecule is CN(C)C(=O)N1CCC(NC2C(C)(C)C2(C)C)CC1. The average Bonchev–Trinajstić information content (AvgIpc) is 2.71. The molecule has 4 nitrogen and oxygen atoms in total. The molecule has 1 aliphatic carbocycles. The quantitative estimate of drug-likeness (QED) is 0.832. The molecule has 0 aromatic rings. The van der Waals surface area contributed by atoms with Gasteiger partial charge in [0.05, 0.1) is 0 Å². The molecule has 0 spiro atoms. The number of rotatable bonds is 2. The van der Waals surface area contributed by atoms with E-state index >= 15 is 0 Å². The van der Waals surface area contributed by atoms with Crippen LogP contribution in [-0.4, -0.2) is 55.1 Å². The van der Waals surface area contributed by atoms with E-state index < -0.39 is 0 Å². The van der Waals surface area contributed by atoms with Gasteiger partial charge in [-0.3, -0.25) is 0 Å². The summed E-state index contributed by atoms with van der Waals surface area (Å²) in [5.41, 5.74) is 0.785. The molecule has 1 heterocycles. The molecule has 110 valence electrons. The standard InChI is InChI=1S/C15H29N3O/c1-14(2)12(15(14,3)4)16-11-7-9-18(10-8-11)13(19)17(5)6/h11-12,16H,7-10H2,1-6H3. The zero-order valence-corrected chi connectivity index (χ0v) is 13.3. The topological polar surface area (TPSA) is 35.6 Å². The molecular formula is C15H29N3O. The number of likely N-dealkylation sites (tertiary alicyclic amines) is 1. The number of amides is 2. The van der Waals surface area contributed by atoms with Crippen molar-refractivity contribution in [3.63, 3.8) is 0 Å². The molecule has 0 aromatic heterocycles. The maximum Gasteiger partial charge on any atom is 0.319 e. The third-order valence-corrected chi connectivity index (χ3v) is 5.57. The van der Waals surface area contributed by atoms with E-state index in [0.717, 1.165) is 25.9 Å². The Morgan fingerprint density at radius 2 is 1.58 bits per heavy atom. The van der Waals surface area contributed by atoms with Gasteiger partial charge in [0.2, 0.25) is 0 Å². The predicted octanol–water partition coefficient (Wildman–Crippen LogP) is 2.16. The van der Waals surface area contributed by atoms with E-state index in [9.17, 15) is 4.79 Å². The number of piperidine rings is 1. The lowest BCUT2D eigenvalue weighted by Gasteiger charge is -2.34. The van der Waals surface area contributed by atoms with Gasteiger partial charge in [-0.05, 0) is 23.7 Å². The Morgan fingerprint density at radius 3 is 1.95 bits per heavy atom. The largest absolute Gasteiger partial charge is 0.331 e. The van der Waals surface area contributed by atoms with Crippen LogP contribution in [0.1, 0.15) is 40.5 Å². The first-order valence-electron chi connectivity index (χ1n) is 7.40. The van der Waals surface area contributed by atoms with Gasteiger partial charge in [0, 0.05) is 39.3 Å². The van der Waals surface area contributed by atoms with Crippen LogP contribution in [0.5, 0.6) is 0 Å². The van der Waals surface area contributed by atoms with Crippen LogP contribution in [0.15, 0.2) is 0 Å². The zero-order valence-electron chi connectivity index (χ0n) is 13.3. The molecule has 1 N–H and O–H groups in total. The van der Waals surface area contributed by atoms with Crippen LogP contribution in [0.4, 0.5) is 4.79 Å². The Kier molecular flexibility index (Phi) is 3.58. The highest BCUT2D eigenvalue weighted by Gasteiger charge is 2.64. The fourth-order valence-electron chi connectivity index (χ4n) is 3.37. The first-order valence-corrected chi connectivity index (χ1v) is 7.40. The lowest BCUT2D eigenvalue weighted by atomic mass is 10.0. The summed E-state index contributed by atoms with van der Waals surface area (Å²) in [5.74, 6) is 0. The molecule has 1 aliphatic heterocycles. The van der Waals surface area contributed by atoms with E-state index in [0.29, 0.717) is 22.9 Å². The summed E-state index contributed by atoms with van der Waals surface area (Å²) >= 11 is 0. The van der Waals surface area contributed by atoms with Gasteiger partial charge in [0.1, 0.15) is 0 Å². The molecule has 0 atom stereocenters. The molecule has 2 rings (SSSR count). The number of carbonyl (C=O) groups is 1. The normalized spacial score (nSPS) is 26.3. The molecule has 19 heavy (non-hydrogen) atoms. The highest BCUT2D eigenvalue weighted by molar-refractivity contribution is 5.73. The summed E-state index contributed by atoms with van der Waals surface area (Å²) in [4.78, 5) is 15.5. The van der Waals surface area contributed by atoms with E-state index in [-0.39, 0.29) is 6.03 Å². The Bertz CT molecular complexity index is 340. The van der Waals surface area contributed by atoms with Crippen LogP contribution in [0.3, 0.4) is 0 Å². The van der Waals surface area contributed by atoms with Crippen LogP contribution >= 0.6 is 0 Å². The number of hydrogen-bond acceptors (Lipinski definition) is 2. The van der Waals surface area contributed by atoms with Gasteiger partial charge in [0.25, 0.3) is 0 Å².